The standard InChI is InChI=1S/C89H173N3O10/c1-7-13-19-25-31-33-35-47-63-80-98-85(93)69-57-49-61-75-91(74-59-45-37-43-55-71-87(95)101-83(65-51-39-27-21-15-9-3)66-52-40-28-22-16-10-4)78-73-90-89(97)100-82-79-92(77-62-50-58-70-86(94)99-81-64-48-36-34-32-26-20-14-8-2)76-60-46-38-44-56-72-88(96)102-84(67-53-41-29-23-17-11-5)68-54-42-30-24-18-12-6/h83-84H,7-82H2,1-6H3,(H,90,97). The number of esters is 4. The molecule has 0 spiro atoms. The van der Waals surface area contributed by atoms with E-state index < -0.39 is 0 Å². The molecule has 0 fully saturated rings. The van der Waals surface area contributed by atoms with E-state index in [-0.39, 0.29) is 42.2 Å². The molecule has 0 atom stereocenters. The van der Waals surface area contributed by atoms with Gasteiger partial charge in [-0.3, -0.25) is 24.1 Å². The van der Waals surface area contributed by atoms with Gasteiger partial charge in [-0.1, -0.05) is 324 Å². The maximum atomic E-state index is 13.3. The van der Waals surface area contributed by atoms with Gasteiger partial charge in [-0.05, 0) is 142 Å². The lowest BCUT2D eigenvalue weighted by atomic mass is 10.0. The Hall–Kier alpha value is -2.93. The molecule has 1 amide bonds. The van der Waals surface area contributed by atoms with Gasteiger partial charge in [0.15, 0.2) is 0 Å². The molecule has 13 nitrogen and oxygen atoms in total. The second-order valence-electron chi connectivity index (χ2n) is 31.0. The molecule has 0 heterocycles. The van der Waals surface area contributed by atoms with E-state index in [4.69, 9.17) is 23.7 Å². The lowest BCUT2D eigenvalue weighted by Gasteiger charge is -2.23. The van der Waals surface area contributed by atoms with Crippen LogP contribution in [0.2, 0.25) is 0 Å². The molecular formula is C89H173N3O10. The number of alkyl carbamates (subject to hydrolysis) is 1. The third-order valence-corrected chi connectivity index (χ3v) is 20.9. The SMILES string of the molecule is CCCCCCCCCCCOC(=O)CCCCCN(CCCCCCCC(=O)OC(CCCCCCCC)CCCCCCCC)CCNC(=O)OCCN(CCCCCCCC(=O)OC(CCCCCCCC)CCCCCCCC)CCCCCC(=O)OCCCCCCCCCCC. The highest BCUT2D eigenvalue weighted by atomic mass is 16.6. The average molecular weight is 1450 g/mol. The fourth-order valence-corrected chi connectivity index (χ4v) is 14.1. The molecular weight excluding hydrogens is 1270 g/mol. The van der Waals surface area contributed by atoms with Gasteiger partial charge >= 0.3 is 30.0 Å². The number of unbranched alkanes of at least 4 members (excludes halogenated alkanes) is 48. The third-order valence-electron chi connectivity index (χ3n) is 20.9. The van der Waals surface area contributed by atoms with Gasteiger partial charge < -0.3 is 33.9 Å². The van der Waals surface area contributed by atoms with E-state index in [2.05, 4.69) is 56.7 Å². The monoisotopic (exact) mass is 1440 g/mol. The van der Waals surface area contributed by atoms with Crippen molar-refractivity contribution in [1.82, 2.24) is 15.1 Å². The van der Waals surface area contributed by atoms with E-state index in [1.54, 1.807) is 0 Å². The predicted molar refractivity (Wildman–Crippen MR) is 433 cm³/mol. The Kier molecular flexibility index (Phi) is 79.8. The molecule has 0 rings (SSSR count). The van der Waals surface area contributed by atoms with Gasteiger partial charge in [0, 0.05) is 45.3 Å². The molecule has 604 valence electrons. The van der Waals surface area contributed by atoms with E-state index in [1.807, 2.05) is 0 Å². The highest BCUT2D eigenvalue weighted by Crippen LogP contribution is 2.22. The van der Waals surface area contributed by atoms with Crippen molar-refractivity contribution < 1.29 is 47.7 Å². The van der Waals surface area contributed by atoms with Gasteiger partial charge in [-0.25, -0.2) is 4.79 Å². The summed E-state index contributed by atoms with van der Waals surface area (Å²) in [5.41, 5.74) is 0. The number of nitrogens with one attached hydrogen (secondary N) is 1. The van der Waals surface area contributed by atoms with E-state index in [1.165, 1.54) is 218 Å². The minimum atomic E-state index is -0.388. The number of hydrogen-bond acceptors (Lipinski definition) is 12. The number of hydrogen-bond donors (Lipinski definition) is 1. The van der Waals surface area contributed by atoms with Crippen LogP contribution >= 0.6 is 0 Å². The van der Waals surface area contributed by atoms with Crippen LogP contribution in [0.25, 0.3) is 0 Å². The van der Waals surface area contributed by atoms with Crippen molar-refractivity contribution in [3.8, 4) is 0 Å². The van der Waals surface area contributed by atoms with Crippen molar-refractivity contribution in [3.05, 3.63) is 0 Å². The van der Waals surface area contributed by atoms with E-state index in [9.17, 15) is 24.0 Å². The van der Waals surface area contributed by atoms with Gasteiger partial charge in [0.05, 0.1) is 13.2 Å². The van der Waals surface area contributed by atoms with Crippen LogP contribution in [-0.4, -0.2) is 118 Å². The van der Waals surface area contributed by atoms with Gasteiger partial charge in [0.25, 0.3) is 0 Å². The molecule has 1 N–H and O–H groups in total. The molecule has 0 aromatic carbocycles. The van der Waals surface area contributed by atoms with Crippen LogP contribution in [0.5, 0.6) is 0 Å². The van der Waals surface area contributed by atoms with Crippen LogP contribution in [-0.2, 0) is 42.9 Å². The molecule has 13 heteroatoms. The molecule has 0 saturated heterocycles. The Labute approximate surface area is 632 Å². The summed E-state index contributed by atoms with van der Waals surface area (Å²) in [6, 6.07) is 0. The van der Waals surface area contributed by atoms with Crippen molar-refractivity contribution in [2.24, 2.45) is 0 Å². The van der Waals surface area contributed by atoms with Gasteiger partial charge in [-0.2, -0.15) is 0 Å². The Morgan fingerprint density at radius 2 is 0.471 bits per heavy atom. The molecule has 0 aliphatic carbocycles. The summed E-state index contributed by atoms with van der Waals surface area (Å²) in [4.78, 5) is 69.6. The fraction of sp³-hybridized carbons (Fsp3) is 0.944. The van der Waals surface area contributed by atoms with Crippen LogP contribution in [0, 0.1) is 0 Å². The first kappa shape index (κ1) is 99.1. The zero-order valence-corrected chi connectivity index (χ0v) is 68.9. The maximum Gasteiger partial charge on any atom is 0.407 e. The first-order valence-electron chi connectivity index (χ1n) is 45.2. The van der Waals surface area contributed by atoms with Gasteiger partial charge in [0.2, 0.25) is 0 Å². The zero-order chi connectivity index (χ0) is 74.2. The molecule has 0 aromatic rings. The average Bonchev–Trinajstić information content (AvgIpc) is 1.42. The number of rotatable bonds is 84. The number of amides is 1. The van der Waals surface area contributed by atoms with Gasteiger partial charge in [0.1, 0.15) is 18.8 Å². The lowest BCUT2D eigenvalue weighted by molar-refractivity contribution is -0.151. The zero-order valence-electron chi connectivity index (χ0n) is 68.9. The highest BCUT2D eigenvalue weighted by molar-refractivity contribution is 5.70. The van der Waals surface area contributed by atoms with Crippen molar-refractivity contribution in [2.45, 2.75) is 478 Å². The topological polar surface area (TPSA) is 150 Å². The van der Waals surface area contributed by atoms with E-state index in [0.717, 1.165) is 213 Å². The summed E-state index contributed by atoms with van der Waals surface area (Å²) in [6.45, 7) is 20.4. The summed E-state index contributed by atoms with van der Waals surface area (Å²) >= 11 is 0. The number of carbonyl (C=O) groups excluding carboxylic acids is 5. The summed E-state index contributed by atoms with van der Waals surface area (Å²) in [7, 11) is 0. The van der Waals surface area contributed by atoms with Gasteiger partial charge in [-0.15, -0.1) is 0 Å². The first-order chi connectivity index (χ1) is 50.1. The Morgan fingerprint density at radius 1 is 0.235 bits per heavy atom. The predicted octanol–water partition coefficient (Wildman–Crippen LogP) is 26.1. The fourth-order valence-electron chi connectivity index (χ4n) is 14.1. The number of carbonyl (C=O) groups is 5. The van der Waals surface area contributed by atoms with Crippen molar-refractivity contribution in [2.75, 3.05) is 65.6 Å². The largest absolute Gasteiger partial charge is 0.466 e. The van der Waals surface area contributed by atoms with Crippen LogP contribution in [0.3, 0.4) is 0 Å². The first-order valence-corrected chi connectivity index (χ1v) is 45.2. The minimum absolute atomic E-state index is 0.0186. The smallest absolute Gasteiger partial charge is 0.407 e. The number of nitrogens with zero attached hydrogens (tertiary/aromatic N) is 2. The Bertz CT molecular complexity index is 1620. The highest BCUT2D eigenvalue weighted by Gasteiger charge is 2.18. The van der Waals surface area contributed by atoms with Crippen LogP contribution in [0.15, 0.2) is 0 Å². The Balaban J connectivity index is 5.45. The molecule has 0 saturated carbocycles. The normalized spacial score (nSPS) is 11.6. The molecule has 0 bridgehead atoms. The van der Waals surface area contributed by atoms with E-state index >= 15 is 0 Å². The molecule has 0 aliphatic rings. The van der Waals surface area contributed by atoms with Crippen LogP contribution in [0.1, 0.15) is 465 Å². The van der Waals surface area contributed by atoms with Crippen LogP contribution in [0.4, 0.5) is 4.79 Å². The Morgan fingerprint density at radius 3 is 0.775 bits per heavy atom. The molecule has 102 heavy (non-hydrogen) atoms. The lowest BCUT2D eigenvalue weighted by Crippen LogP contribution is -2.37. The quantitative estimate of drug-likeness (QED) is 0.0351. The molecule has 0 aliphatic heterocycles. The van der Waals surface area contributed by atoms with Crippen LogP contribution < -0.4 is 5.32 Å². The van der Waals surface area contributed by atoms with Crippen molar-refractivity contribution >= 4 is 30.0 Å². The molecule has 0 unspecified atom stereocenters. The van der Waals surface area contributed by atoms with E-state index in [0.29, 0.717) is 58.6 Å². The second kappa shape index (κ2) is 82.1. The summed E-state index contributed by atoms with van der Waals surface area (Å²) in [5.74, 6) is -0.204. The second-order valence-corrected chi connectivity index (χ2v) is 31.0. The molecule has 0 aromatic heterocycles. The summed E-state index contributed by atoms with van der Waals surface area (Å²) in [6.07, 6.45) is 73.8. The third kappa shape index (κ3) is 75.3. The van der Waals surface area contributed by atoms with Crippen molar-refractivity contribution in [3.63, 3.8) is 0 Å². The summed E-state index contributed by atoms with van der Waals surface area (Å²) in [5, 5.41) is 3.06. The number of ether oxygens (including phenoxy) is 5. The summed E-state index contributed by atoms with van der Waals surface area (Å²) < 4.78 is 29.4. The minimum Gasteiger partial charge on any atom is -0.466 e. The maximum absolute atomic E-state index is 13.3. The van der Waals surface area contributed by atoms with Crippen molar-refractivity contribution in [1.29, 1.82) is 0 Å². The molecule has 0 radical (unpaired) electrons.